The van der Waals surface area contributed by atoms with E-state index in [4.69, 9.17) is 5.11 Å². The van der Waals surface area contributed by atoms with Gasteiger partial charge in [0.05, 0.1) is 6.54 Å². The number of carboxylic acid groups (broad SMARTS) is 1. The summed E-state index contributed by atoms with van der Waals surface area (Å²) in [6, 6.07) is 5.51. The lowest BCUT2D eigenvalue weighted by Gasteiger charge is -2.30. The van der Waals surface area contributed by atoms with Crippen molar-refractivity contribution in [3.05, 3.63) is 30.1 Å². The molecule has 0 aliphatic rings. The molecule has 6 heteroatoms. The van der Waals surface area contributed by atoms with Gasteiger partial charge in [0.2, 0.25) is 5.91 Å². The van der Waals surface area contributed by atoms with Gasteiger partial charge in [-0.3, -0.25) is 14.5 Å². The minimum atomic E-state index is -1.15. The van der Waals surface area contributed by atoms with Crippen LogP contribution in [-0.4, -0.2) is 41.0 Å². The highest BCUT2D eigenvalue weighted by molar-refractivity contribution is 5.92. The highest BCUT2D eigenvalue weighted by Gasteiger charge is 2.32. The second-order valence-electron chi connectivity index (χ2n) is 4.78. The molecule has 0 aliphatic heterocycles. The van der Waals surface area contributed by atoms with Crippen molar-refractivity contribution in [2.75, 3.05) is 18.9 Å². The molecule has 2 N–H and O–H groups in total. The van der Waals surface area contributed by atoms with Crippen molar-refractivity contribution in [2.45, 2.75) is 19.4 Å². The minimum Gasteiger partial charge on any atom is -0.480 e. The second kappa shape index (κ2) is 5.79. The molecule has 0 atom stereocenters. The molecule has 0 spiro atoms. The summed E-state index contributed by atoms with van der Waals surface area (Å²) in [4.78, 5) is 24.2. The Morgan fingerprint density at radius 2 is 2.05 bits per heavy atom. The maximum atomic E-state index is 12.9. The maximum Gasteiger partial charge on any atom is 0.323 e. The topological polar surface area (TPSA) is 69.6 Å². The molecule has 0 heterocycles. The third-order valence-corrected chi connectivity index (χ3v) is 2.97. The van der Waals surface area contributed by atoms with Crippen LogP contribution in [0.5, 0.6) is 0 Å². The average molecular weight is 268 g/mol. The fourth-order valence-corrected chi connectivity index (χ4v) is 1.34. The van der Waals surface area contributed by atoms with Gasteiger partial charge in [-0.1, -0.05) is 6.07 Å². The van der Waals surface area contributed by atoms with Gasteiger partial charge < -0.3 is 10.4 Å². The Balaban J connectivity index is 2.64. The number of anilines is 1. The molecule has 1 rings (SSSR count). The van der Waals surface area contributed by atoms with Crippen LogP contribution >= 0.6 is 0 Å². The van der Waals surface area contributed by atoms with Gasteiger partial charge in [0.1, 0.15) is 11.4 Å². The number of benzene rings is 1. The maximum absolute atomic E-state index is 12.9. The van der Waals surface area contributed by atoms with Crippen LogP contribution in [0.1, 0.15) is 13.8 Å². The molecule has 0 saturated carbocycles. The zero-order valence-electron chi connectivity index (χ0n) is 11.1. The Kier molecular flexibility index (Phi) is 4.61. The lowest BCUT2D eigenvalue weighted by molar-refractivity contribution is -0.148. The van der Waals surface area contributed by atoms with Gasteiger partial charge in [-0.2, -0.15) is 0 Å². The molecule has 0 bridgehead atoms. The van der Waals surface area contributed by atoms with Gasteiger partial charge in [0, 0.05) is 5.69 Å². The normalized spacial score (nSPS) is 11.4. The molecule has 0 saturated heterocycles. The molecule has 1 amide bonds. The number of aliphatic carboxylic acids is 1. The fraction of sp³-hybridized carbons (Fsp3) is 0.385. The summed E-state index contributed by atoms with van der Waals surface area (Å²) >= 11 is 0. The number of carboxylic acids is 1. The highest BCUT2D eigenvalue weighted by atomic mass is 19.1. The summed E-state index contributed by atoms with van der Waals surface area (Å²) < 4.78 is 12.9. The molecule has 0 aromatic heterocycles. The number of halogens is 1. The summed E-state index contributed by atoms with van der Waals surface area (Å²) in [7, 11) is 1.54. The van der Waals surface area contributed by atoms with Gasteiger partial charge in [0.25, 0.3) is 0 Å². The molecule has 104 valence electrons. The van der Waals surface area contributed by atoms with Crippen LogP contribution < -0.4 is 5.32 Å². The predicted octanol–water partition coefficient (Wildman–Crippen LogP) is 1.56. The van der Waals surface area contributed by atoms with Crippen molar-refractivity contribution < 1.29 is 19.1 Å². The molecule has 0 aliphatic carbocycles. The molecule has 0 unspecified atom stereocenters. The molecule has 1 aromatic carbocycles. The standard InChI is InChI=1S/C13H17FN2O3/c1-13(2,12(18)19)16(3)8-11(17)15-10-6-4-5-9(14)7-10/h4-7H,8H2,1-3H3,(H,15,17)(H,18,19). The minimum absolute atomic E-state index is 0.101. The molecule has 19 heavy (non-hydrogen) atoms. The summed E-state index contributed by atoms with van der Waals surface area (Å²) in [5, 5.41) is 11.5. The Bertz CT molecular complexity index is 489. The van der Waals surface area contributed by atoms with E-state index in [1.165, 1.54) is 36.9 Å². The SMILES string of the molecule is CN(CC(=O)Nc1cccc(F)c1)C(C)(C)C(=O)O. The number of carbonyl (C=O) groups excluding carboxylic acids is 1. The second-order valence-corrected chi connectivity index (χ2v) is 4.78. The largest absolute Gasteiger partial charge is 0.480 e. The number of nitrogens with one attached hydrogen (secondary N) is 1. The van der Waals surface area contributed by atoms with Crippen molar-refractivity contribution in [3.8, 4) is 0 Å². The zero-order chi connectivity index (χ0) is 14.6. The first-order valence-electron chi connectivity index (χ1n) is 5.73. The van der Waals surface area contributed by atoms with E-state index >= 15 is 0 Å². The lowest BCUT2D eigenvalue weighted by atomic mass is 10.0. The van der Waals surface area contributed by atoms with Crippen LogP contribution in [0, 0.1) is 5.82 Å². The molecular weight excluding hydrogens is 251 g/mol. The van der Waals surface area contributed by atoms with E-state index in [0.717, 1.165) is 0 Å². The summed E-state index contributed by atoms with van der Waals surface area (Å²) in [6.45, 7) is 2.91. The summed E-state index contributed by atoms with van der Waals surface area (Å²) in [5.74, 6) is -1.87. The Morgan fingerprint density at radius 1 is 1.42 bits per heavy atom. The number of likely N-dealkylation sites (N-methyl/N-ethyl adjacent to an activating group) is 1. The Hall–Kier alpha value is -1.95. The molecule has 1 aromatic rings. The van der Waals surface area contributed by atoms with Crippen LogP contribution in [-0.2, 0) is 9.59 Å². The number of hydrogen-bond donors (Lipinski definition) is 2. The van der Waals surface area contributed by atoms with Crippen LogP contribution in [0.2, 0.25) is 0 Å². The van der Waals surface area contributed by atoms with E-state index in [0.29, 0.717) is 5.69 Å². The number of amides is 1. The zero-order valence-corrected chi connectivity index (χ0v) is 11.1. The Labute approximate surface area is 111 Å². The number of nitrogens with zero attached hydrogens (tertiary/aromatic N) is 1. The van der Waals surface area contributed by atoms with Gasteiger partial charge >= 0.3 is 5.97 Å². The molecular formula is C13H17FN2O3. The first kappa shape index (κ1) is 15.1. The van der Waals surface area contributed by atoms with Gasteiger partial charge in [-0.25, -0.2) is 4.39 Å². The van der Waals surface area contributed by atoms with Crippen molar-refractivity contribution in [2.24, 2.45) is 0 Å². The average Bonchev–Trinajstić information content (AvgIpc) is 2.28. The van der Waals surface area contributed by atoms with Crippen LogP contribution in [0.3, 0.4) is 0 Å². The third-order valence-electron chi connectivity index (χ3n) is 2.97. The fourth-order valence-electron chi connectivity index (χ4n) is 1.34. The van der Waals surface area contributed by atoms with Crippen LogP contribution in [0.4, 0.5) is 10.1 Å². The van der Waals surface area contributed by atoms with E-state index in [1.54, 1.807) is 13.1 Å². The van der Waals surface area contributed by atoms with Crippen molar-refractivity contribution in [1.29, 1.82) is 0 Å². The first-order chi connectivity index (χ1) is 8.73. The van der Waals surface area contributed by atoms with E-state index in [-0.39, 0.29) is 6.54 Å². The van der Waals surface area contributed by atoms with Crippen molar-refractivity contribution in [1.82, 2.24) is 4.90 Å². The number of rotatable bonds is 5. The van der Waals surface area contributed by atoms with E-state index in [1.807, 2.05) is 0 Å². The number of carbonyl (C=O) groups is 2. The van der Waals surface area contributed by atoms with Crippen LogP contribution in [0.25, 0.3) is 0 Å². The van der Waals surface area contributed by atoms with Crippen molar-refractivity contribution >= 4 is 17.6 Å². The van der Waals surface area contributed by atoms with E-state index in [9.17, 15) is 14.0 Å². The number of hydrogen-bond acceptors (Lipinski definition) is 3. The van der Waals surface area contributed by atoms with Gasteiger partial charge in [0.15, 0.2) is 0 Å². The van der Waals surface area contributed by atoms with E-state index in [2.05, 4.69) is 5.32 Å². The predicted molar refractivity (Wildman–Crippen MR) is 69.4 cm³/mol. The summed E-state index contributed by atoms with van der Waals surface area (Å²) in [6.07, 6.45) is 0. The quantitative estimate of drug-likeness (QED) is 0.850. The molecule has 0 fully saturated rings. The first-order valence-corrected chi connectivity index (χ1v) is 5.73. The monoisotopic (exact) mass is 268 g/mol. The van der Waals surface area contributed by atoms with Gasteiger partial charge in [-0.05, 0) is 39.1 Å². The molecule has 0 radical (unpaired) electrons. The third kappa shape index (κ3) is 4.03. The Morgan fingerprint density at radius 3 is 2.58 bits per heavy atom. The van der Waals surface area contributed by atoms with Crippen molar-refractivity contribution in [3.63, 3.8) is 0 Å². The van der Waals surface area contributed by atoms with Crippen LogP contribution in [0.15, 0.2) is 24.3 Å². The smallest absolute Gasteiger partial charge is 0.323 e. The highest BCUT2D eigenvalue weighted by Crippen LogP contribution is 2.13. The summed E-state index contributed by atoms with van der Waals surface area (Å²) in [5.41, 5.74) is -0.814. The van der Waals surface area contributed by atoms with E-state index < -0.39 is 23.2 Å². The molecule has 5 nitrogen and oxygen atoms in total. The van der Waals surface area contributed by atoms with Gasteiger partial charge in [-0.15, -0.1) is 0 Å². The lowest BCUT2D eigenvalue weighted by Crippen LogP contribution is -2.50.